The van der Waals surface area contributed by atoms with E-state index in [1.807, 2.05) is 6.07 Å². The molecule has 2 N–H and O–H groups in total. The number of phosphoric acid groups is 1. The number of methoxy groups -OCH3 is 1. The number of ketones is 1. The number of fused-ring (bicyclic) bond motifs is 1. The maximum atomic E-state index is 13.7. The minimum absolute atomic E-state index is 0.0561. The van der Waals surface area contributed by atoms with Crippen LogP contribution in [0.2, 0.25) is 0 Å². The Bertz CT molecular complexity index is 1670. The average molecular weight is 583 g/mol. The number of hydrogen-bond acceptors (Lipinski definition) is 8. The molecule has 4 aromatic rings. The molecule has 0 atom stereocenters. The van der Waals surface area contributed by atoms with Crippen LogP contribution in [0.1, 0.15) is 26.4 Å². The van der Waals surface area contributed by atoms with E-state index in [0.717, 1.165) is 0 Å². The SMILES string of the molecule is COc1cnc(-n2cnc(C)c2)c2c1c(C(=O)C(=O)N1CCN(C(=O)c3ccccc3)CC1)cn2COP(=O)(O)O. The summed E-state index contributed by atoms with van der Waals surface area (Å²) < 4.78 is 24.5. The van der Waals surface area contributed by atoms with Gasteiger partial charge in [0.05, 0.1) is 35.5 Å². The molecule has 1 fully saturated rings. The van der Waals surface area contributed by atoms with Crippen molar-refractivity contribution < 1.29 is 38.0 Å². The first kappa shape index (κ1) is 28.2. The standard InChI is InChI=1S/C26H27N6O8P/c1-17-13-31(15-28-17)24-22-21(20(39-2)12-27-24)19(14-32(22)16-40-41(36,37)38)23(33)26(35)30-10-8-29(9-11-30)25(34)18-6-4-3-5-7-18/h3-7,12-15H,8-11,16H2,1-2H3,(H2,36,37,38). The summed E-state index contributed by atoms with van der Waals surface area (Å²) >= 11 is 0. The molecule has 1 aliphatic heterocycles. The van der Waals surface area contributed by atoms with E-state index in [1.165, 1.54) is 35.3 Å². The van der Waals surface area contributed by atoms with Gasteiger partial charge in [-0.25, -0.2) is 14.5 Å². The molecule has 1 aliphatic rings. The molecular weight excluding hydrogens is 555 g/mol. The summed E-state index contributed by atoms with van der Waals surface area (Å²) in [6.45, 7) is 1.94. The maximum Gasteiger partial charge on any atom is 0.471 e. The first-order valence-electron chi connectivity index (χ1n) is 12.5. The molecule has 214 valence electrons. The minimum atomic E-state index is -4.89. The molecule has 1 aromatic carbocycles. The lowest BCUT2D eigenvalue weighted by Crippen LogP contribution is -2.52. The second-order valence-electron chi connectivity index (χ2n) is 9.34. The number of imidazole rings is 1. The molecule has 3 aromatic heterocycles. The van der Waals surface area contributed by atoms with Gasteiger partial charge in [-0.2, -0.15) is 0 Å². The summed E-state index contributed by atoms with van der Waals surface area (Å²) in [6.07, 6.45) is 5.84. The van der Waals surface area contributed by atoms with Crippen LogP contribution in [0.15, 0.2) is 55.2 Å². The van der Waals surface area contributed by atoms with Gasteiger partial charge in [0.25, 0.3) is 17.6 Å². The fourth-order valence-corrected chi connectivity index (χ4v) is 4.99. The van der Waals surface area contributed by atoms with Crippen molar-refractivity contribution in [3.05, 3.63) is 72.1 Å². The molecule has 0 unspecified atom stereocenters. The van der Waals surface area contributed by atoms with Gasteiger partial charge in [0.1, 0.15) is 18.8 Å². The summed E-state index contributed by atoms with van der Waals surface area (Å²) in [5.74, 6) is -1.35. The van der Waals surface area contributed by atoms with Crippen LogP contribution in [0.25, 0.3) is 16.7 Å². The van der Waals surface area contributed by atoms with Gasteiger partial charge in [-0.05, 0) is 19.1 Å². The van der Waals surface area contributed by atoms with Gasteiger partial charge in [-0.1, -0.05) is 18.2 Å². The predicted octanol–water partition coefficient (Wildman–Crippen LogP) is 1.77. The number of nitrogens with zero attached hydrogens (tertiary/aromatic N) is 6. The molecule has 4 heterocycles. The molecule has 1 saturated heterocycles. The zero-order chi connectivity index (χ0) is 29.3. The van der Waals surface area contributed by atoms with Crippen LogP contribution in [0.5, 0.6) is 5.75 Å². The van der Waals surface area contributed by atoms with Crippen LogP contribution < -0.4 is 4.74 Å². The average Bonchev–Trinajstić information content (AvgIpc) is 3.58. The first-order valence-corrected chi connectivity index (χ1v) is 14.0. The van der Waals surface area contributed by atoms with Crippen LogP contribution in [-0.2, 0) is 20.6 Å². The van der Waals surface area contributed by atoms with E-state index < -0.39 is 26.2 Å². The lowest BCUT2D eigenvalue weighted by molar-refractivity contribution is -0.127. The number of Topliss-reactive ketones (excluding diaryl/α,β-unsaturated/α-hetero) is 1. The van der Waals surface area contributed by atoms with Crippen LogP contribution in [0.4, 0.5) is 0 Å². The third-order valence-electron chi connectivity index (χ3n) is 6.70. The number of rotatable bonds is 8. The maximum absolute atomic E-state index is 13.7. The Morgan fingerprint density at radius 3 is 2.29 bits per heavy atom. The highest BCUT2D eigenvalue weighted by molar-refractivity contribution is 7.46. The fourth-order valence-electron chi connectivity index (χ4n) is 4.72. The van der Waals surface area contributed by atoms with Crippen LogP contribution >= 0.6 is 7.82 Å². The number of carbonyl (C=O) groups excluding carboxylic acids is 3. The normalized spacial score (nSPS) is 14.0. The summed E-state index contributed by atoms with van der Waals surface area (Å²) in [6, 6.07) is 8.80. The second kappa shape index (κ2) is 11.3. The van der Waals surface area contributed by atoms with Gasteiger partial charge < -0.3 is 28.9 Å². The Hall–Kier alpha value is -4.36. The van der Waals surface area contributed by atoms with Crippen molar-refractivity contribution in [2.24, 2.45) is 0 Å². The van der Waals surface area contributed by atoms with Crippen molar-refractivity contribution in [2.45, 2.75) is 13.7 Å². The largest absolute Gasteiger partial charge is 0.494 e. The van der Waals surface area contributed by atoms with E-state index in [9.17, 15) is 28.7 Å². The number of hydrogen-bond donors (Lipinski definition) is 2. The highest BCUT2D eigenvalue weighted by atomic mass is 31.2. The van der Waals surface area contributed by atoms with E-state index in [-0.39, 0.29) is 60.1 Å². The Labute approximate surface area is 234 Å². The molecule has 14 nitrogen and oxygen atoms in total. The molecule has 15 heteroatoms. The smallest absolute Gasteiger partial charge is 0.471 e. The molecule has 0 saturated carbocycles. The van der Waals surface area contributed by atoms with Crippen LogP contribution in [0, 0.1) is 6.92 Å². The van der Waals surface area contributed by atoms with Crippen LogP contribution in [-0.4, -0.2) is 89.6 Å². The van der Waals surface area contributed by atoms with Gasteiger partial charge in [0, 0.05) is 44.1 Å². The molecule has 0 spiro atoms. The number of benzene rings is 1. The minimum Gasteiger partial charge on any atom is -0.494 e. The molecular formula is C26H27N6O8P. The summed E-state index contributed by atoms with van der Waals surface area (Å²) in [7, 11) is -3.51. The van der Waals surface area contributed by atoms with Crippen molar-refractivity contribution in [1.82, 2.24) is 28.9 Å². The van der Waals surface area contributed by atoms with Crippen molar-refractivity contribution in [2.75, 3.05) is 33.3 Å². The number of amides is 2. The number of pyridine rings is 1. The molecule has 0 radical (unpaired) electrons. The summed E-state index contributed by atoms with van der Waals surface area (Å²) in [5, 5.41) is 0.217. The van der Waals surface area contributed by atoms with Gasteiger partial charge >= 0.3 is 7.82 Å². The Morgan fingerprint density at radius 2 is 1.68 bits per heavy atom. The third kappa shape index (κ3) is 5.77. The Kier molecular flexibility index (Phi) is 7.74. The van der Waals surface area contributed by atoms with Crippen molar-refractivity contribution in [3.8, 4) is 11.6 Å². The predicted molar refractivity (Wildman–Crippen MR) is 145 cm³/mol. The van der Waals surface area contributed by atoms with E-state index in [2.05, 4.69) is 9.97 Å². The summed E-state index contributed by atoms with van der Waals surface area (Å²) in [4.78, 5) is 70.1. The molecule has 0 bridgehead atoms. The molecule has 2 amide bonds. The van der Waals surface area contributed by atoms with Crippen LogP contribution in [0.3, 0.4) is 0 Å². The summed E-state index contributed by atoms with van der Waals surface area (Å²) in [5.41, 5.74) is 1.40. The lowest BCUT2D eigenvalue weighted by atomic mass is 10.1. The van der Waals surface area contributed by atoms with Crippen molar-refractivity contribution in [3.63, 3.8) is 0 Å². The van der Waals surface area contributed by atoms with E-state index >= 15 is 0 Å². The van der Waals surface area contributed by atoms with Gasteiger partial charge in [0.15, 0.2) is 5.82 Å². The van der Waals surface area contributed by atoms with E-state index in [1.54, 1.807) is 46.9 Å². The van der Waals surface area contributed by atoms with E-state index in [4.69, 9.17) is 9.26 Å². The monoisotopic (exact) mass is 582 g/mol. The highest BCUT2D eigenvalue weighted by Crippen LogP contribution is 2.39. The Balaban J connectivity index is 1.47. The zero-order valence-electron chi connectivity index (χ0n) is 22.2. The second-order valence-corrected chi connectivity index (χ2v) is 10.6. The topological polar surface area (TPSA) is 169 Å². The Morgan fingerprint density at radius 1 is 1.00 bits per heavy atom. The number of aromatic nitrogens is 4. The zero-order valence-corrected chi connectivity index (χ0v) is 23.1. The number of carbonyl (C=O) groups is 3. The molecule has 0 aliphatic carbocycles. The quantitative estimate of drug-likeness (QED) is 0.177. The number of aryl methyl sites for hydroxylation is 1. The number of phosphoric ester groups is 1. The molecule has 41 heavy (non-hydrogen) atoms. The fraction of sp³-hybridized carbons (Fsp3) is 0.269. The molecule has 5 rings (SSSR count). The highest BCUT2D eigenvalue weighted by Gasteiger charge is 2.32. The van der Waals surface area contributed by atoms with E-state index in [0.29, 0.717) is 11.3 Å². The lowest BCUT2D eigenvalue weighted by Gasteiger charge is -2.34. The van der Waals surface area contributed by atoms with Crippen molar-refractivity contribution in [1.29, 1.82) is 0 Å². The van der Waals surface area contributed by atoms with Gasteiger partial charge in [0.2, 0.25) is 0 Å². The van der Waals surface area contributed by atoms with Gasteiger partial charge in [-0.15, -0.1) is 0 Å². The first-order chi connectivity index (χ1) is 19.6. The van der Waals surface area contributed by atoms with Gasteiger partial charge in [-0.3, -0.25) is 23.5 Å². The number of piperazine rings is 1. The number of ether oxygens (including phenoxy) is 1. The van der Waals surface area contributed by atoms with Crippen molar-refractivity contribution >= 4 is 36.3 Å². The third-order valence-corrected chi connectivity index (χ3v) is 7.15.